The van der Waals surface area contributed by atoms with Crippen molar-refractivity contribution in [2.75, 3.05) is 6.61 Å². The summed E-state index contributed by atoms with van der Waals surface area (Å²) in [4.78, 5) is 11.2. The van der Waals surface area contributed by atoms with Crippen molar-refractivity contribution in [3.05, 3.63) is 60.2 Å². The number of carboxylic acid groups (broad SMARTS) is 1. The number of ether oxygens (including phenoxy) is 1. The SMILES string of the molecule is CCOc1ccc([C@H](CC(=O)O)NS(=O)(=O)c2ccccc2)cc1. The molecule has 0 spiro atoms. The Kier molecular flexibility index (Phi) is 5.94. The highest BCUT2D eigenvalue weighted by molar-refractivity contribution is 7.89. The Bertz CT molecular complexity index is 772. The first-order valence-corrected chi connectivity index (χ1v) is 8.92. The maximum absolute atomic E-state index is 12.4. The lowest BCUT2D eigenvalue weighted by atomic mass is 10.0. The van der Waals surface area contributed by atoms with Gasteiger partial charge in [-0.3, -0.25) is 4.79 Å². The first-order valence-electron chi connectivity index (χ1n) is 7.44. The van der Waals surface area contributed by atoms with Crippen molar-refractivity contribution in [3.8, 4) is 5.75 Å². The van der Waals surface area contributed by atoms with Gasteiger partial charge >= 0.3 is 5.97 Å². The van der Waals surface area contributed by atoms with E-state index in [1.54, 1.807) is 42.5 Å². The van der Waals surface area contributed by atoms with Crippen molar-refractivity contribution in [2.45, 2.75) is 24.3 Å². The van der Waals surface area contributed by atoms with Crippen LogP contribution in [0.1, 0.15) is 24.9 Å². The third-order valence-electron chi connectivity index (χ3n) is 3.32. The Hall–Kier alpha value is -2.38. The number of hydrogen-bond acceptors (Lipinski definition) is 4. The number of sulfonamides is 1. The van der Waals surface area contributed by atoms with E-state index >= 15 is 0 Å². The molecular formula is C17H19NO5S. The van der Waals surface area contributed by atoms with E-state index in [1.807, 2.05) is 6.92 Å². The molecule has 0 aliphatic carbocycles. The molecule has 7 heteroatoms. The van der Waals surface area contributed by atoms with Gasteiger partial charge in [0.15, 0.2) is 0 Å². The van der Waals surface area contributed by atoms with Crippen LogP contribution in [0.2, 0.25) is 0 Å². The number of nitrogens with one attached hydrogen (secondary N) is 1. The maximum Gasteiger partial charge on any atom is 0.305 e. The van der Waals surface area contributed by atoms with Crippen molar-refractivity contribution in [2.24, 2.45) is 0 Å². The Labute approximate surface area is 141 Å². The van der Waals surface area contributed by atoms with Crippen LogP contribution in [0.15, 0.2) is 59.5 Å². The topological polar surface area (TPSA) is 92.7 Å². The van der Waals surface area contributed by atoms with E-state index < -0.39 is 22.0 Å². The largest absolute Gasteiger partial charge is 0.494 e. The average molecular weight is 349 g/mol. The van der Waals surface area contributed by atoms with Crippen LogP contribution in [0.5, 0.6) is 5.75 Å². The molecule has 0 radical (unpaired) electrons. The molecule has 0 unspecified atom stereocenters. The molecule has 6 nitrogen and oxygen atoms in total. The molecule has 128 valence electrons. The molecule has 0 aliphatic rings. The highest BCUT2D eigenvalue weighted by atomic mass is 32.2. The summed E-state index contributed by atoms with van der Waals surface area (Å²) in [6.07, 6.45) is -0.361. The van der Waals surface area contributed by atoms with Crippen LogP contribution < -0.4 is 9.46 Å². The fourth-order valence-corrected chi connectivity index (χ4v) is 3.47. The van der Waals surface area contributed by atoms with Crippen molar-refractivity contribution in [3.63, 3.8) is 0 Å². The standard InChI is InChI=1S/C17H19NO5S/c1-2-23-14-10-8-13(9-11-14)16(12-17(19)20)18-24(21,22)15-6-4-3-5-7-15/h3-11,16,18H,2,12H2,1H3,(H,19,20)/t16-/m0/s1. The molecule has 0 fully saturated rings. The third kappa shape index (κ3) is 4.81. The second-order valence-electron chi connectivity index (χ2n) is 5.09. The number of benzene rings is 2. The molecule has 0 aromatic heterocycles. The van der Waals surface area contributed by atoms with Crippen LogP contribution >= 0.6 is 0 Å². The predicted molar refractivity (Wildman–Crippen MR) is 89.4 cm³/mol. The number of hydrogen-bond donors (Lipinski definition) is 2. The van der Waals surface area contributed by atoms with Gasteiger partial charge < -0.3 is 9.84 Å². The highest BCUT2D eigenvalue weighted by Crippen LogP contribution is 2.23. The predicted octanol–water partition coefficient (Wildman–Crippen LogP) is 2.58. The van der Waals surface area contributed by atoms with Gasteiger partial charge in [-0.25, -0.2) is 13.1 Å². The van der Waals surface area contributed by atoms with Gasteiger partial charge in [0, 0.05) is 0 Å². The molecule has 2 aromatic carbocycles. The summed E-state index contributed by atoms with van der Waals surface area (Å²) >= 11 is 0. The molecule has 0 saturated carbocycles. The molecule has 0 saturated heterocycles. The summed E-state index contributed by atoms with van der Waals surface area (Å²) in [6.45, 7) is 2.37. The first-order chi connectivity index (χ1) is 11.4. The van der Waals surface area contributed by atoms with Crippen LogP contribution in [0.3, 0.4) is 0 Å². The zero-order valence-corrected chi connectivity index (χ0v) is 14.0. The molecule has 0 aliphatic heterocycles. The summed E-state index contributed by atoms with van der Waals surface area (Å²) < 4.78 is 32.7. The van der Waals surface area contributed by atoms with Crippen LogP contribution in [0.25, 0.3) is 0 Å². The van der Waals surface area contributed by atoms with E-state index in [9.17, 15) is 13.2 Å². The van der Waals surface area contributed by atoms with Gasteiger partial charge in [-0.15, -0.1) is 0 Å². The van der Waals surface area contributed by atoms with Crippen LogP contribution in [-0.4, -0.2) is 26.1 Å². The molecule has 1 atom stereocenters. The molecule has 0 bridgehead atoms. The van der Waals surface area contributed by atoms with Gasteiger partial charge in [0.2, 0.25) is 10.0 Å². The lowest BCUT2D eigenvalue weighted by molar-refractivity contribution is -0.137. The third-order valence-corrected chi connectivity index (χ3v) is 4.81. The molecular weight excluding hydrogens is 330 g/mol. The molecule has 0 heterocycles. The Morgan fingerprint density at radius 1 is 1.12 bits per heavy atom. The van der Waals surface area contributed by atoms with E-state index in [0.29, 0.717) is 17.9 Å². The van der Waals surface area contributed by atoms with Gasteiger partial charge in [-0.05, 0) is 36.8 Å². The second kappa shape index (κ2) is 7.94. The van der Waals surface area contributed by atoms with Gasteiger partial charge in [-0.1, -0.05) is 30.3 Å². The van der Waals surface area contributed by atoms with Gasteiger partial charge in [0.25, 0.3) is 0 Å². The van der Waals surface area contributed by atoms with Crippen molar-refractivity contribution in [1.29, 1.82) is 0 Å². The lowest BCUT2D eigenvalue weighted by Crippen LogP contribution is -2.30. The Balaban J connectivity index is 2.27. The minimum absolute atomic E-state index is 0.0892. The molecule has 2 N–H and O–H groups in total. The molecule has 24 heavy (non-hydrogen) atoms. The average Bonchev–Trinajstić information content (AvgIpc) is 2.55. The summed E-state index contributed by atoms with van der Waals surface area (Å²) in [5, 5.41) is 9.09. The minimum atomic E-state index is -3.82. The summed E-state index contributed by atoms with van der Waals surface area (Å²) in [7, 11) is -3.82. The molecule has 2 aromatic rings. The smallest absolute Gasteiger partial charge is 0.305 e. The summed E-state index contributed by atoms with van der Waals surface area (Å²) in [5.41, 5.74) is 0.556. The minimum Gasteiger partial charge on any atom is -0.494 e. The molecule has 0 amide bonds. The quantitative estimate of drug-likeness (QED) is 0.764. The van der Waals surface area contributed by atoms with Crippen molar-refractivity contribution < 1.29 is 23.1 Å². The van der Waals surface area contributed by atoms with Crippen LogP contribution in [0, 0.1) is 0 Å². The van der Waals surface area contributed by atoms with Crippen molar-refractivity contribution >= 4 is 16.0 Å². The van der Waals surface area contributed by atoms with E-state index in [2.05, 4.69) is 4.72 Å². The van der Waals surface area contributed by atoms with Gasteiger partial charge in [0.1, 0.15) is 5.75 Å². The summed E-state index contributed by atoms with van der Waals surface area (Å²) in [6, 6.07) is 13.7. The lowest BCUT2D eigenvalue weighted by Gasteiger charge is -2.18. The van der Waals surface area contributed by atoms with Crippen LogP contribution in [-0.2, 0) is 14.8 Å². The van der Waals surface area contributed by atoms with E-state index in [-0.39, 0.29) is 11.3 Å². The number of carbonyl (C=O) groups is 1. The number of aliphatic carboxylic acids is 1. The fraction of sp³-hybridized carbons (Fsp3) is 0.235. The van der Waals surface area contributed by atoms with E-state index in [4.69, 9.17) is 9.84 Å². The highest BCUT2D eigenvalue weighted by Gasteiger charge is 2.23. The number of rotatable bonds is 8. The van der Waals surface area contributed by atoms with Gasteiger partial charge in [0.05, 0.1) is 24.0 Å². The number of carboxylic acids is 1. The first kappa shape index (κ1) is 18.0. The maximum atomic E-state index is 12.4. The summed E-state index contributed by atoms with van der Waals surface area (Å²) in [5.74, 6) is -0.453. The van der Waals surface area contributed by atoms with E-state index in [0.717, 1.165) is 0 Å². The van der Waals surface area contributed by atoms with Gasteiger partial charge in [-0.2, -0.15) is 0 Å². The zero-order chi connectivity index (χ0) is 17.6. The normalized spacial score (nSPS) is 12.5. The Morgan fingerprint density at radius 2 is 1.75 bits per heavy atom. The van der Waals surface area contributed by atoms with E-state index in [1.165, 1.54) is 12.1 Å². The van der Waals surface area contributed by atoms with Crippen molar-refractivity contribution in [1.82, 2.24) is 4.72 Å². The monoisotopic (exact) mass is 349 g/mol. The van der Waals surface area contributed by atoms with Crippen LogP contribution in [0.4, 0.5) is 0 Å². The molecule has 2 rings (SSSR count). The Morgan fingerprint density at radius 3 is 2.29 bits per heavy atom. The zero-order valence-electron chi connectivity index (χ0n) is 13.2. The second-order valence-corrected chi connectivity index (χ2v) is 6.80. The fourth-order valence-electron chi connectivity index (χ4n) is 2.22.